The van der Waals surface area contributed by atoms with Crippen LogP contribution in [0.15, 0.2) is 79.1 Å². The summed E-state index contributed by atoms with van der Waals surface area (Å²) in [6, 6.07) is 20.2. The molecule has 2 aromatic carbocycles. The van der Waals surface area contributed by atoms with Crippen LogP contribution in [-0.2, 0) is 6.61 Å². The van der Waals surface area contributed by atoms with Gasteiger partial charge in [0, 0.05) is 6.07 Å². The monoisotopic (exact) mass is 345 g/mol. The third kappa shape index (κ3) is 3.39. The lowest BCUT2D eigenvalue weighted by Crippen LogP contribution is -2.14. The van der Waals surface area contributed by atoms with Crippen LogP contribution in [0.5, 0.6) is 11.5 Å². The van der Waals surface area contributed by atoms with Gasteiger partial charge in [-0.25, -0.2) is 14.3 Å². The molecule has 0 N–H and O–H groups in total. The number of carbonyl (C=O) groups excluding carboxylic acids is 1. The molecule has 0 aliphatic heterocycles. The van der Waals surface area contributed by atoms with Gasteiger partial charge in [-0.1, -0.05) is 48.5 Å². The number of nitrogens with zero attached hydrogens (tertiary/aromatic N) is 3. The summed E-state index contributed by atoms with van der Waals surface area (Å²) in [5.74, 6) is 0.177. The van der Waals surface area contributed by atoms with Crippen molar-refractivity contribution in [3.05, 3.63) is 90.4 Å². The molecule has 0 saturated carbocycles. The molecule has 6 nitrogen and oxygen atoms in total. The van der Waals surface area contributed by atoms with Gasteiger partial charge in [-0.05, 0) is 17.7 Å². The van der Waals surface area contributed by atoms with Crippen molar-refractivity contribution in [1.29, 1.82) is 0 Å². The van der Waals surface area contributed by atoms with Gasteiger partial charge in [0.15, 0.2) is 17.1 Å². The second kappa shape index (κ2) is 7.06. The highest BCUT2D eigenvalue weighted by molar-refractivity contribution is 5.92. The first-order chi connectivity index (χ1) is 12.8. The van der Waals surface area contributed by atoms with Crippen LogP contribution in [0.25, 0.3) is 5.65 Å². The lowest BCUT2D eigenvalue weighted by Gasteiger charge is -2.11. The number of para-hydroxylation sites is 1. The number of rotatable bonds is 5. The van der Waals surface area contributed by atoms with Gasteiger partial charge in [0.1, 0.15) is 12.4 Å². The number of esters is 1. The molecule has 4 rings (SSSR count). The van der Waals surface area contributed by atoms with Gasteiger partial charge in [0.25, 0.3) is 0 Å². The van der Waals surface area contributed by atoms with E-state index >= 15 is 0 Å². The minimum atomic E-state index is -0.581. The summed E-state index contributed by atoms with van der Waals surface area (Å²) >= 11 is 0. The van der Waals surface area contributed by atoms with Gasteiger partial charge in [-0.15, -0.1) is 0 Å². The van der Waals surface area contributed by atoms with Gasteiger partial charge >= 0.3 is 5.97 Å². The summed E-state index contributed by atoms with van der Waals surface area (Å²) in [7, 11) is 0. The summed E-state index contributed by atoms with van der Waals surface area (Å²) < 4.78 is 12.8. The average molecular weight is 345 g/mol. The Balaban J connectivity index is 1.64. The summed E-state index contributed by atoms with van der Waals surface area (Å²) in [4.78, 5) is 17.0. The number of ether oxygens (including phenoxy) is 2. The Hall–Kier alpha value is -3.67. The highest BCUT2D eigenvalue weighted by atomic mass is 16.5. The number of fused-ring (bicyclic) bond motifs is 1. The van der Waals surface area contributed by atoms with Crippen molar-refractivity contribution < 1.29 is 14.3 Å². The zero-order valence-electron chi connectivity index (χ0n) is 13.8. The molecule has 2 heterocycles. The van der Waals surface area contributed by atoms with Crippen molar-refractivity contribution in [2.24, 2.45) is 0 Å². The molecule has 128 valence electrons. The predicted molar refractivity (Wildman–Crippen MR) is 95.2 cm³/mol. The largest absolute Gasteiger partial charge is 0.485 e. The molecule has 4 aromatic rings. The van der Waals surface area contributed by atoms with Crippen LogP contribution in [-0.4, -0.2) is 20.6 Å². The first kappa shape index (κ1) is 15.8. The van der Waals surface area contributed by atoms with E-state index in [9.17, 15) is 4.79 Å². The van der Waals surface area contributed by atoms with E-state index in [-0.39, 0.29) is 5.69 Å². The second-order valence-electron chi connectivity index (χ2n) is 5.56. The lowest BCUT2D eigenvalue weighted by molar-refractivity contribution is 0.0723. The van der Waals surface area contributed by atoms with Crippen LogP contribution < -0.4 is 9.47 Å². The Labute approximate surface area is 149 Å². The molecule has 0 aliphatic rings. The number of aromatic nitrogens is 3. The Morgan fingerprint density at radius 2 is 1.69 bits per heavy atom. The van der Waals surface area contributed by atoms with Crippen molar-refractivity contribution in [2.75, 3.05) is 0 Å². The molecular formula is C20H15N3O3. The highest BCUT2D eigenvalue weighted by Crippen LogP contribution is 2.21. The molecule has 0 saturated heterocycles. The Morgan fingerprint density at radius 3 is 2.46 bits per heavy atom. The fourth-order valence-corrected chi connectivity index (χ4v) is 2.47. The molecule has 2 aromatic heterocycles. The zero-order valence-corrected chi connectivity index (χ0v) is 13.8. The van der Waals surface area contributed by atoms with Gasteiger partial charge in [-0.3, -0.25) is 0 Å². The Bertz CT molecular complexity index is 1030. The van der Waals surface area contributed by atoms with Crippen molar-refractivity contribution in [3.63, 3.8) is 0 Å². The van der Waals surface area contributed by atoms with E-state index < -0.39 is 5.97 Å². The molecular weight excluding hydrogens is 330 g/mol. The van der Waals surface area contributed by atoms with E-state index in [1.54, 1.807) is 47.2 Å². The molecule has 0 aliphatic carbocycles. The highest BCUT2D eigenvalue weighted by Gasteiger charge is 2.19. The van der Waals surface area contributed by atoms with Crippen LogP contribution in [0.4, 0.5) is 0 Å². The molecule has 0 fully saturated rings. The summed E-state index contributed by atoms with van der Waals surface area (Å²) in [5, 5.41) is 4.14. The summed E-state index contributed by atoms with van der Waals surface area (Å²) in [6.07, 6.45) is 3.24. The molecule has 0 amide bonds. The van der Waals surface area contributed by atoms with Crippen molar-refractivity contribution in [2.45, 2.75) is 6.61 Å². The molecule has 0 unspecified atom stereocenters. The standard InChI is InChI=1S/C20H15N3O3/c24-20(26-16-9-5-2-6-10-16)19-17(13-23-18(22-19)11-12-21-23)25-14-15-7-3-1-4-8-15/h1-13H,14H2. The Morgan fingerprint density at radius 1 is 0.962 bits per heavy atom. The van der Waals surface area contributed by atoms with E-state index in [4.69, 9.17) is 9.47 Å². The average Bonchev–Trinajstić information content (AvgIpc) is 3.14. The van der Waals surface area contributed by atoms with E-state index in [0.29, 0.717) is 23.8 Å². The van der Waals surface area contributed by atoms with Crippen molar-refractivity contribution in [3.8, 4) is 11.5 Å². The van der Waals surface area contributed by atoms with Crippen LogP contribution in [0.1, 0.15) is 16.1 Å². The third-order valence-electron chi connectivity index (χ3n) is 3.73. The van der Waals surface area contributed by atoms with Gasteiger partial charge in [-0.2, -0.15) is 5.10 Å². The predicted octanol–water partition coefficient (Wildman–Crippen LogP) is 3.53. The topological polar surface area (TPSA) is 65.7 Å². The van der Waals surface area contributed by atoms with Crippen LogP contribution in [0.3, 0.4) is 0 Å². The molecule has 0 spiro atoms. The third-order valence-corrected chi connectivity index (χ3v) is 3.73. The van der Waals surface area contributed by atoms with Crippen LogP contribution in [0.2, 0.25) is 0 Å². The molecule has 0 bridgehead atoms. The van der Waals surface area contributed by atoms with Crippen molar-refractivity contribution >= 4 is 11.6 Å². The fourth-order valence-electron chi connectivity index (χ4n) is 2.47. The SMILES string of the molecule is O=C(Oc1ccccc1)c1nc2ccnn2cc1OCc1ccccc1. The van der Waals surface area contributed by atoms with E-state index in [1.165, 1.54) is 0 Å². The maximum Gasteiger partial charge on any atom is 0.366 e. The maximum atomic E-state index is 12.6. The summed E-state index contributed by atoms with van der Waals surface area (Å²) in [5.41, 5.74) is 1.63. The normalized spacial score (nSPS) is 10.6. The number of carbonyl (C=O) groups is 1. The van der Waals surface area contributed by atoms with Crippen LogP contribution >= 0.6 is 0 Å². The molecule has 0 radical (unpaired) electrons. The smallest absolute Gasteiger partial charge is 0.366 e. The van der Waals surface area contributed by atoms with Crippen molar-refractivity contribution in [1.82, 2.24) is 14.6 Å². The minimum absolute atomic E-state index is 0.109. The minimum Gasteiger partial charge on any atom is -0.485 e. The number of hydrogen-bond donors (Lipinski definition) is 0. The fraction of sp³-hybridized carbons (Fsp3) is 0.0500. The van der Waals surface area contributed by atoms with E-state index in [0.717, 1.165) is 5.56 Å². The first-order valence-electron chi connectivity index (χ1n) is 8.08. The molecule has 26 heavy (non-hydrogen) atoms. The quantitative estimate of drug-likeness (QED) is 0.409. The van der Waals surface area contributed by atoms with Gasteiger partial charge in [0.05, 0.1) is 12.4 Å². The lowest BCUT2D eigenvalue weighted by atomic mass is 10.2. The maximum absolute atomic E-state index is 12.6. The van der Waals surface area contributed by atoms with E-state index in [2.05, 4.69) is 10.1 Å². The zero-order chi connectivity index (χ0) is 17.8. The van der Waals surface area contributed by atoms with Crippen LogP contribution in [0, 0.1) is 0 Å². The number of hydrogen-bond acceptors (Lipinski definition) is 5. The number of benzene rings is 2. The van der Waals surface area contributed by atoms with Gasteiger partial charge in [0.2, 0.25) is 0 Å². The molecule has 0 atom stereocenters. The van der Waals surface area contributed by atoms with Gasteiger partial charge < -0.3 is 9.47 Å². The Kier molecular flexibility index (Phi) is 4.30. The first-order valence-corrected chi connectivity index (χ1v) is 8.08. The second-order valence-corrected chi connectivity index (χ2v) is 5.56. The molecule has 6 heteroatoms. The van der Waals surface area contributed by atoms with E-state index in [1.807, 2.05) is 36.4 Å². The summed E-state index contributed by atoms with van der Waals surface area (Å²) in [6.45, 7) is 0.306.